The second-order valence-electron chi connectivity index (χ2n) is 10.8. The van der Waals surface area contributed by atoms with Gasteiger partial charge in [0.1, 0.15) is 23.0 Å². The highest BCUT2D eigenvalue weighted by molar-refractivity contribution is 6.13. The molecule has 0 radical (unpaired) electrons. The second-order valence-corrected chi connectivity index (χ2v) is 10.8. The van der Waals surface area contributed by atoms with Gasteiger partial charge in [-0.3, -0.25) is 0 Å². The molecule has 6 aromatic rings. The molecule has 6 aromatic carbocycles. The lowest BCUT2D eigenvalue weighted by Gasteiger charge is -2.27. The van der Waals surface area contributed by atoms with Gasteiger partial charge in [0.15, 0.2) is 0 Å². The van der Waals surface area contributed by atoms with Crippen LogP contribution in [-0.4, -0.2) is 28.4 Å². The van der Waals surface area contributed by atoms with E-state index in [0.717, 1.165) is 78.6 Å². The van der Waals surface area contributed by atoms with Crippen molar-refractivity contribution >= 4 is 11.4 Å². The number of anilines is 2. The van der Waals surface area contributed by atoms with Crippen molar-refractivity contribution in [3.05, 3.63) is 121 Å². The van der Waals surface area contributed by atoms with E-state index in [1.807, 2.05) is 60.7 Å². The third-order valence-electron chi connectivity index (χ3n) is 8.25. The number of hydrogen-bond acceptors (Lipinski definition) is 6. The van der Waals surface area contributed by atoms with Crippen molar-refractivity contribution in [3.63, 3.8) is 0 Å². The van der Waals surface area contributed by atoms with E-state index in [2.05, 4.69) is 60.7 Å². The molecule has 0 amide bonds. The molecule has 0 atom stereocenters. The summed E-state index contributed by atoms with van der Waals surface area (Å²) in [5, 5.41) is 0. The molecule has 0 bridgehead atoms. The Morgan fingerprint density at radius 1 is 0.304 bits per heavy atom. The van der Waals surface area contributed by atoms with E-state index in [1.165, 1.54) is 0 Å². The first-order chi connectivity index (χ1) is 22.4. The van der Waals surface area contributed by atoms with Gasteiger partial charge in [0, 0.05) is 33.6 Å². The van der Waals surface area contributed by atoms with E-state index < -0.39 is 0 Å². The van der Waals surface area contributed by atoms with Crippen LogP contribution in [0.2, 0.25) is 0 Å². The first-order valence-corrected chi connectivity index (χ1v) is 14.9. The summed E-state index contributed by atoms with van der Waals surface area (Å²) in [6.45, 7) is 0. The summed E-state index contributed by atoms with van der Waals surface area (Å²) in [7, 11) is 6.66. The highest BCUT2D eigenvalue weighted by Crippen LogP contribution is 2.54. The predicted molar refractivity (Wildman–Crippen MR) is 189 cm³/mol. The van der Waals surface area contributed by atoms with Gasteiger partial charge in [-0.1, -0.05) is 60.7 Å². The van der Waals surface area contributed by atoms with Crippen LogP contribution in [0.4, 0.5) is 11.4 Å². The van der Waals surface area contributed by atoms with E-state index in [-0.39, 0.29) is 0 Å². The maximum atomic E-state index is 7.42. The lowest BCUT2D eigenvalue weighted by Crippen LogP contribution is -2.04. The van der Waals surface area contributed by atoms with Crippen molar-refractivity contribution in [2.24, 2.45) is 0 Å². The SMILES string of the molecule is COc1ccc(-c2c(N)c(-c3ccc(OC)cc3)c(-c3ccc(OC)cc3)c(-c3ccc(N)cc3)c2-c2ccc(OC)cc2)cc1. The summed E-state index contributed by atoms with van der Waals surface area (Å²) >= 11 is 0. The van der Waals surface area contributed by atoms with Gasteiger partial charge in [-0.2, -0.15) is 0 Å². The van der Waals surface area contributed by atoms with Crippen molar-refractivity contribution in [3.8, 4) is 78.6 Å². The summed E-state index contributed by atoms with van der Waals surface area (Å²) in [5.74, 6) is 3.05. The monoisotopic (exact) mass is 608 g/mol. The normalized spacial score (nSPS) is 10.8. The first kappa shape index (κ1) is 30.2. The standard InChI is InChI=1S/C40H36N2O4/c1-43-31-17-7-26(8-18-31)36-35(25-5-15-30(41)16-6-25)37(27-9-19-32(44-2)20-10-27)39(29-13-23-34(46-4)24-14-29)40(42)38(36)28-11-21-33(45-3)22-12-28/h5-24H,41-42H2,1-4H3. The number of nitrogen functional groups attached to an aromatic ring is 2. The highest BCUT2D eigenvalue weighted by atomic mass is 16.5. The summed E-state index contributed by atoms with van der Waals surface area (Å²) in [6, 6.07) is 40.2. The molecule has 6 rings (SSSR count). The molecule has 0 heterocycles. The van der Waals surface area contributed by atoms with Gasteiger partial charge in [0.2, 0.25) is 0 Å². The van der Waals surface area contributed by atoms with Crippen molar-refractivity contribution in [1.82, 2.24) is 0 Å². The fourth-order valence-electron chi connectivity index (χ4n) is 5.92. The summed E-state index contributed by atoms with van der Waals surface area (Å²) in [6.07, 6.45) is 0. The average molecular weight is 609 g/mol. The molecule has 0 unspecified atom stereocenters. The zero-order valence-electron chi connectivity index (χ0n) is 26.3. The van der Waals surface area contributed by atoms with Crippen LogP contribution in [0.1, 0.15) is 0 Å². The minimum Gasteiger partial charge on any atom is -0.497 e. The first-order valence-electron chi connectivity index (χ1n) is 14.9. The van der Waals surface area contributed by atoms with Crippen LogP contribution in [-0.2, 0) is 0 Å². The van der Waals surface area contributed by atoms with Gasteiger partial charge in [0.25, 0.3) is 0 Å². The largest absolute Gasteiger partial charge is 0.497 e. The number of ether oxygens (including phenoxy) is 4. The van der Waals surface area contributed by atoms with Gasteiger partial charge >= 0.3 is 0 Å². The van der Waals surface area contributed by atoms with Crippen LogP contribution in [0.25, 0.3) is 55.6 Å². The van der Waals surface area contributed by atoms with Gasteiger partial charge < -0.3 is 30.4 Å². The molecule has 46 heavy (non-hydrogen) atoms. The number of methoxy groups -OCH3 is 4. The van der Waals surface area contributed by atoms with Crippen LogP contribution in [0.3, 0.4) is 0 Å². The molecule has 0 saturated carbocycles. The number of benzene rings is 6. The molecule has 6 heteroatoms. The third-order valence-corrected chi connectivity index (χ3v) is 8.25. The van der Waals surface area contributed by atoms with Gasteiger partial charge in [-0.25, -0.2) is 0 Å². The van der Waals surface area contributed by atoms with Crippen molar-refractivity contribution in [2.45, 2.75) is 0 Å². The highest BCUT2D eigenvalue weighted by Gasteiger charge is 2.27. The van der Waals surface area contributed by atoms with Gasteiger partial charge in [-0.15, -0.1) is 0 Å². The molecule has 0 spiro atoms. The average Bonchev–Trinajstić information content (AvgIpc) is 3.12. The summed E-state index contributed by atoms with van der Waals surface area (Å²) < 4.78 is 22.1. The van der Waals surface area contributed by atoms with E-state index in [1.54, 1.807) is 28.4 Å². The smallest absolute Gasteiger partial charge is 0.118 e. The zero-order valence-corrected chi connectivity index (χ0v) is 26.3. The Morgan fingerprint density at radius 2 is 0.522 bits per heavy atom. The van der Waals surface area contributed by atoms with E-state index in [9.17, 15) is 0 Å². The Balaban J connectivity index is 1.83. The lowest BCUT2D eigenvalue weighted by atomic mass is 9.77. The van der Waals surface area contributed by atoms with Crippen molar-refractivity contribution in [1.29, 1.82) is 0 Å². The molecular weight excluding hydrogens is 572 g/mol. The molecule has 0 aliphatic carbocycles. The van der Waals surface area contributed by atoms with Crippen LogP contribution < -0.4 is 30.4 Å². The maximum absolute atomic E-state index is 7.42. The van der Waals surface area contributed by atoms with E-state index in [0.29, 0.717) is 11.4 Å². The molecule has 4 N–H and O–H groups in total. The molecule has 0 aliphatic rings. The molecule has 0 aliphatic heterocycles. The van der Waals surface area contributed by atoms with Crippen molar-refractivity contribution in [2.75, 3.05) is 39.9 Å². The Kier molecular flexibility index (Phi) is 8.53. The minimum absolute atomic E-state index is 0.645. The second kappa shape index (κ2) is 13.0. The van der Waals surface area contributed by atoms with Gasteiger partial charge in [-0.05, 0) is 94.0 Å². The van der Waals surface area contributed by atoms with Gasteiger partial charge in [0.05, 0.1) is 28.4 Å². The van der Waals surface area contributed by atoms with Crippen LogP contribution in [0.15, 0.2) is 121 Å². The number of hydrogen-bond donors (Lipinski definition) is 2. The fourth-order valence-corrected chi connectivity index (χ4v) is 5.92. The fraction of sp³-hybridized carbons (Fsp3) is 0.100. The van der Waals surface area contributed by atoms with Crippen LogP contribution in [0.5, 0.6) is 23.0 Å². The minimum atomic E-state index is 0.645. The molecule has 0 fully saturated rings. The lowest BCUT2D eigenvalue weighted by molar-refractivity contribution is 0.414. The quantitative estimate of drug-likeness (QED) is 0.159. The Labute approximate surface area is 269 Å². The molecule has 230 valence electrons. The Hall–Kier alpha value is -5.88. The van der Waals surface area contributed by atoms with E-state index >= 15 is 0 Å². The van der Waals surface area contributed by atoms with E-state index in [4.69, 9.17) is 30.4 Å². The number of rotatable bonds is 9. The summed E-state index contributed by atoms with van der Waals surface area (Å²) in [5.41, 5.74) is 24.6. The maximum Gasteiger partial charge on any atom is 0.118 e. The predicted octanol–water partition coefficient (Wildman–Crippen LogP) is 9.22. The number of nitrogens with two attached hydrogens (primary N) is 2. The third kappa shape index (κ3) is 5.69. The van der Waals surface area contributed by atoms with Crippen LogP contribution in [0, 0.1) is 0 Å². The summed E-state index contributed by atoms with van der Waals surface area (Å²) in [4.78, 5) is 0. The Morgan fingerprint density at radius 3 is 0.783 bits per heavy atom. The molecule has 6 nitrogen and oxygen atoms in total. The zero-order chi connectivity index (χ0) is 32.2. The molecule has 0 aromatic heterocycles. The van der Waals surface area contributed by atoms with Crippen LogP contribution >= 0.6 is 0 Å². The topological polar surface area (TPSA) is 89.0 Å². The molecule has 0 saturated heterocycles. The molecular formula is C40H36N2O4. The van der Waals surface area contributed by atoms with Crippen molar-refractivity contribution < 1.29 is 18.9 Å². The Bertz CT molecular complexity index is 1830.